The van der Waals surface area contributed by atoms with Crippen molar-refractivity contribution in [3.8, 4) is 10.6 Å². The molecule has 0 aliphatic heterocycles. The molecule has 0 aliphatic rings. The number of amides is 1. The maximum atomic E-state index is 13.5. The number of thiophene rings is 1. The van der Waals surface area contributed by atoms with E-state index in [9.17, 15) is 13.6 Å². The number of carbonyl (C=O) groups excluding carboxylic acids is 1. The fourth-order valence-electron chi connectivity index (χ4n) is 2.16. The summed E-state index contributed by atoms with van der Waals surface area (Å²) in [6, 6.07) is 4.80. The SMILES string of the molecule is CC(C)CCNC(=O)c1ccc(-c2cc(C(C)(F)F)n(C)n2)s1. The van der Waals surface area contributed by atoms with Crippen molar-refractivity contribution in [3.05, 3.63) is 28.8 Å². The number of nitrogens with zero attached hydrogens (tertiary/aromatic N) is 2. The molecule has 0 saturated heterocycles. The van der Waals surface area contributed by atoms with Gasteiger partial charge >= 0.3 is 0 Å². The van der Waals surface area contributed by atoms with Gasteiger partial charge in [-0.1, -0.05) is 13.8 Å². The second-order valence-corrected chi connectivity index (χ2v) is 7.11. The van der Waals surface area contributed by atoms with Crippen molar-refractivity contribution in [1.82, 2.24) is 15.1 Å². The maximum absolute atomic E-state index is 13.5. The first kappa shape index (κ1) is 17.6. The molecule has 2 aromatic rings. The highest BCUT2D eigenvalue weighted by atomic mass is 32.1. The summed E-state index contributed by atoms with van der Waals surface area (Å²) in [5.74, 6) is -2.57. The van der Waals surface area contributed by atoms with E-state index in [-0.39, 0.29) is 11.6 Å². The lowest BCUT2D eigenvalue weighted by Crippen LogP contribution is -2.24. The minimum Gasteiger partial charge on any atom is -0.351 e. The summed E-state index contributed by atoms with van der Waals surface area (Å²) in [5.41, 5.74) is 0.305. The van der Waals surface area contributed by atoms with Crippen molar-refractivity contribution in [3.63, 3.8) is 0 Å². The Hall–Kier alpha value is -1.76. The fourth-order valence-corrected chi connectivity index (χ4v) is 3.04. The summed E-state index contributed by atoms with van der Waals surface area (Å²) in [4.78, 5) is 13.3. The van der Waals surface area contributed by atoms with Crippen LogP contribution in [0.4, 0.5) is 8.78 Å². The van der Waals surface area contributed by atoms with E-state index in [2.05, 4.69) is 24.3 Å². The van der Waals surface area contributed by atoms with Gasteiger partial charge in [0.2, 0.25) is 0 Å². The number of aryl methyl sites for hydroxylation is 1. The highest BCUT2D eigenvalue weighted by Gasteiger charge is 2.29. The topological polar surface area (TPSA) is 46.9 Å². The second-order valence-electron chi connectivity index (χ2n) is 6.03. The van der Waals surface area contributed by atoms with Gasteiger partial charge in [-0.2, -0.15) is 13.9 Å². The van der Waals surface area contributed by atoms with E-state index in [0.717, 1.165) is 13.3 Å². The molecule has 0 spiro atoms. The largest absolute Gasteiger partial charge is 0.351 e. The Morgan fingerprint density at radius 1 is 1.43 bits per heavy atom. The summed E-state index contributed by atoms with van der Waals surface area (Å²) < 4.78 is 28.1. The van der Waals surface area contributed by atoms with Crippen molar-refractivity contribution in [2.24, 2.45) is 13.0 Å². The van der Waals surface area contributed by atoms with Crippen LogP contribution in [0.15, 0.2) is 18.2 Å². The van der Waals surface area contributed by atoms with Crippen molar-refractivity contribution < 1.29 is 13.6 Å². The molecule has 0 aliphatic carbocycles. The summed E-state index contributed by atoms with van der Waals surface area (Å²) in [6.07, 6.45) is 0.916. The molecule has 0 bridgehead atoms. The first-order valence-electron chi connectivity index (χ1n) is 7.49. The number of carbonyl (C=O) groups is 1. The number of aromatic nitrogens is 2. The van der Waals surface area contributed by atoms with E-state index in [4.69, 9.17) is 0 Å². The van der Waals surface area contributed by atoms with Crippen LogP contribution in [-0.2, 0) is 13.0 Å². The molecule has 1 amide bonds. The third-order valence-electron chi connectivity index (χ3n) is 3.42. The fraction of sp³-hybridized carbons (Fsp3) is 0.500. The van der Waals surface area contributed by atoms with E-state index in [1.54, 1.807) is 12.1 Å². The molecule has 4 nitrogen and oxygen atoms in total. The van der Waals surface area contributed by atoms with E-state index in [1.165, 1.54) is 29.1 Å². The number of hydrogen-bond acceptors (Lipinski definition) is 3. The molecule has 0 atom stereocenters. The molecule has 2 heterocycles. The monoisotopic (exact) mass is 341 g/mol. The highest BCUT2D eigenvalue weighted by Crippen LogP contribution is 2.32. The Morgan fingerprint density at radius 3 is 2.70 bits per heavy atom. The summed E-state index contributed by atoms with van der Waals surface area (Å²) in [7, 11) is 1.49. The van der Waals surface area contributed by atoms with E-state index in [0.29, 0.717) is 27.9 Å². The molecule has 2 rings (SSSR count). The predicted molar refractivity (Wildman–Crippen MR) is 87.9 cm³/mol. The minimum absolute atomic E-state index is 0.140. The van der Waals surface area contributed by atoms with Crippen LogP contribution in [0.25, 0.3) is 10.6 Å². The standard InChI is InChI=1S/C16H21F2N3OS/c1-10(2)7-8-19-15(22)13-6-5-12(23-13)11-9-14(16(3,17)18)21(4)20-11/h5-6,9-10H,7-8H2,1-4H3,(H,19,22). The molecule has 0 unspecified atom stereocenters. The molecule has 0 aromatic carbocycles. The van der Waals surface area contributed by atoms with Crippen LogP contribution in [0, 0.1) is 5.92 Å². The number of alkyl halides is 2. The molecule has 0 radical (unpaired) electrons. The molecular formula is C16H21F2N3OS. The van der Waals surface area contributed by atoms with Gasteiger partial charge in [0, 0.05) is 20.5 Å². The Kier molecular flexibility index (Phi) is 5.19. The van der Waals surface area contributed by atoms with Gasteiger partial charge in [-0.15, -0.1) is 11.3 Å². The molecule has 126 valence electrons. The summed E-state index contributed by atoms with van der Waals surface area (Å²) >= 11 is 1.25. The quantitative estimate of drug-likeness (QED) is 0.862. The average molecular weight is 341 g/mol. The first-order chi connectivity index (χ1) is 10.7. The van der Waals surface area contributed by atoms with Gasteiger partial charge < -0.3 is 5.32 Å². The molecule has 0 fully saturated rings. The van der Waals surface area contributed by atoms with Crippen molar-refractivity contribution in [1.29, 1.82) is 0 Å². The van der Waals surface area contributed by atoms with Crippen molar-refractivity contribution in [2.45, 2.75) is 33.1 Å². The third-order valence-corrected chi connectivity index (χ3v) is 4.53. The zero-order valence-electron chi connectivity index (χ0n) is 13.7. The lowest BCUT2D eigenvalue weighted by atomic mass is 10.1. The van der Waals surface area contributed by atoms with Gasteiger partial charge in [-0.25, -0.2) is 0 Å². The summed E-state index contributed by atoms with van der Waals surface area (Å²) in [6.45, 7) is 5.66. The van der Waals surface area contributed by atoms with E-state index >= 15 is 0 Å². The van der Waals surface area contributed by atoms with Gasteiger partial charge in [0.1, 0.15) is 11.4 Å². The van der Waals surface area contributed by atoms with Crippen LogP contribution in [0.1, 0.15) is 42.6 Å². The van der Waals surface area contributed by atoms with E-state index in [1.807, 2.05) is 0 Å². The van der Waals surface area contributed by atoms with Gasteiger partial charge in [-0.3, -0.25) is 9.48 Å². The van der Waals surface area contributed by atoms with Gasteiger partial charge in [0.05, 0.1) is 9.75 Å². The van der Waals surface area contributed by atoms with Crippen LogP contribution in [0.5, 0.6) is 0 Å². The van der Waals surface area contributed by atoms with E-state index < -0.39 is 5.92 Å². The Balaban J connectivity index is 2.12. The van der Waals surface area contributed by atoms with Crippen LogP contribution < -0.4 is 5.32 Å². The van der Waals surface area contributed by atoms with Crippen LogP contribution in [0.2, 0.25) is 0 Å². The van der Waals surface area contributed by atoms with Gasteiger partial charge in [0.25, 0.3) is 11.8 Å². The molecule has 1 N–H and O–H groups in total. The first-order valence-corrected chi connectivity index (χ1v) is 8.31. The smallest absolute Gasteiger partial charge is 0.286 e. The van der Waals surface area contributed by atoms with Crippen LogP contribution in [-0.4, -0.2) is 22.2 Å². The number of hydrogen-bond donors (Lipinski definition) is 1. The van der Waals surface area contributed by atoms with Gasteiger partial charge in [0.15, 0.2) is 0 Å². The molecule has 23 heavy (non-hydrogen) atoms. The maximum Gasteiger partial charge on any atom is 0.286 e. The normalized spacial score (nSPS) is 12.0. The van der Waals surface area contributed by atoms with Crippen LogP contribution >= 0.6 is 11.3 Å². The Labute approximate surface area is 138 Å². The Morgan fingerprint density at radius 2 is 2.13 bits per heavy atom. The summed E-state index contributed by atoms with van der Waals surface area (Å²) in [5, 5.41) is 6.98. The zero-order valence-corrected chi connectivity index (χ0v) is 14.5. The minimum atomic E-state index is -2.95. The number of halogens is 2. The molecule has 2 aromatic heterocycles. The lowest BCUT2D eigenvalue weighted by molar-refractivity contribution is 0.00882. The lowest BCUT2D eigenvalue weighted by Gasteiger charge is -2.08. The van der Waals surface area contributed by atoms with Crippen LogP contribution in [0.3, 0.4) is 0 Å². The molecule has 0 saturated carbocycles. The zero-order chi connectivity index (χ0) is 17.2. The average Bonchev–Trinajstić information content (AvgIpc) is 3.03. The Bertz CT molecular complexity index is 686. The highest BCUT2D eigenvalue weighted by molar-refractivity contribution is 7.17. The second kappa shape index (κ2) is 6.78. The number of nitrogens with one attached hydrogen (secondary N) is 1. The molecular weight excluding hydrogens is 320 g/mol. The third kappa shape index (κ3) is 4.37. The molecule has 7 heteroatoms. The predicted octanol–water partition coefficient (Wildman–Crippen LogP) is 4.04. The number of rotatable bonds is 6. The van der Waals surface area contributed by atoms with Crippen molar-refractivity contribution >= 4 is 17.2 Å². The van der Waals surface area contributed by atoms with Gasteiger partial charge in [-0.05, 0) is 30.5 Å². The van der Waals surface area contributed by atoms with Crippen molar-refractivity contribution in [2.75, 3.05) is 6.54 Å².